The van der Waals surface area contributed by atoms with E-state index in [4.69, 9.17) is 9.47 Å². The second-order valence-corrected chi connectivity index (χ2v) is 7.29. The van der Waals surface area contributed by atoms with E-state index in [1.54, 1.807) is 30.3 Å². The molecule has 2 aromatic rings. The molecule has 9 heteroatoms. The third-order valence-corrected chi connectivity index (χ3v) is 5.49. The van der Waals surface area contributed by atoms with E-state index in [0.29, 0.717) is 22.7 Å². The van der Waals surface area contributed by atoms with Gasteiger partial charge >= 0.3 is 6.03 Å². The molecule has 0 saturated carbocycles. The molecular formula is C21H17N3O6. The van der Waals surface area contributed by atoms with Gasteiger partial charge < -0.3 is 20.1 Å². The molecule has 3 aliphatic rings. The second-order valence-electron chi connectivity index (χ2n) is 7.29. The van der Waals surface area contributed by atoms with Crippen molar-refractivity contribution in [1.29, 1.82) is 0 Å². The summed E-state index contributed by atoms with van der Waals surface area (Å²) in [5, 5.41) is 5.40. The van der Waals surface area contributed by atoms with E-state index in [9.17, 15) is 19.2 Å². The Morgan fingerprint density at radius 2 is 1.90 bits per heavy atom. The van der Waals surface area contributed by atoms with Crippen LogP contribution in [0.3, 0.4) is 0 Å². The largest absolute Gasteiger partial charge is 0.493 e. The lowest BCUT2D eigenvalue weighted by atomic mass is 9.84. The molecule has 3 heterocycles. The van der Waals surface area contributed by atoms with Crippen LogP contribution in [0.25, 0.3) is 0 Å². The van der Waals surface area contributed by atoms with Crippen molar-refractivity contribution >= 4 is 29.3 Å². The number of benzene rings is 2. The SMILES string of the molecule is O=C1COc2ccc(C(=O)CN3C(=O)NC4(CCOc5ccccc54)C3=O)cc2N1. The highest BCUT2D eigenvalue weighted by Gasteiger charge is 2.55. The highest BCUT2D eigenvalue weighted by Crippen LogP contribution is 2.41. The minimum atomic E-state index is -1.23. The number of hydrogen-bond donors (Lipinski definition) is 2. The Hall–Kier alpha value is -3.88. The molecule has 4 amide bonds. The van der Waals surface area contributed by atoms with Crippen LogP contribution in [0.15, 0.2) is 42.5 Å². The fourth-order valence-electron chi connectivity index (χ4n) is 4.01. The first-order valence-electron chi connectivity index (χ1n) is 9.44. The van der Waals surface area contributed by atoms with Crippen molar-refractivity contribution in [1.82, 2.24) is 10.2 Å². The van der Waals surface area contributed by atoms with E-state index in [1.807, 2.05) is 0 Å². The number of nitrogens with zero attached hydrogens (tertiary/aromatic N) is 1. The van der Waals surface area contributed by atoms with Crippen LogP contribution in [0.4, 0.5) is 10.5 Å². The third-order valence-electron chi connectivity index (χ3n) is 5.49. The average molecular weight is 407 g/mol. The van der Waals surface area contributed by atoms with Crippen molar-refractivity contribution < 1.29 is 28.7 Å². The molecule has 1 unspecified atom stereocenters. The summed E-state index contributed by atoms with van der Waals surface area (Å²) in [5.41, 5.74) is -0.0139. The molecule has 1 saturated heterocycles. The second kappa shape index (κ2) is 6.58. The van der Waals surface area contributed by atoms with E-state index in [1.165, 1.54) is 12.1 Å². The lowest BCUT2D eigenvalue weighted by Gasteiger charge is -2.33. The summed E-state index contributed by atoms with van der Waals surface area (Å²) in [6, 6.07) is 11.0. The molecule has 0 bridgehead atoms. The highest BCUT2D eigenvalue weighted by molar-refractivity contribution is 6.12. The molecule has 9 nitrogen and oxygen atoms in total. The van der Waals surface area contributed by atoms with Gasteiger partial charge in [-0.3, -0.25) is 19.3 Å². The van der Waals surface area contributed by atoms with Gasteiger partial charge in [0.25, 0.3) is 11.8 Å². The fraction of sp³-hybridized carbons (Fsp3) is 0.238. The molecule has 1 spiro atoms. The maximum atomic E-state index is 13.3. The van der Waals surface area contributed by atoms with Gasteiger partial charge in [0.1, 0.15) is 11.5 Å². The van der Waals surface area contributed by atoms with Crippen LogP contribution < -0.4 is 20.1 Å². The summed E-state index contributed by atoms with van der Waals surface area (Å²) < 4.78 is 10.9. The normalized spacial score (nSPS) is 21.9. The van der Waals surface area contributed by atoms with Gasteiger partial charge in [-0.1, -0.05) is 18.2 Å². The molecule has 1 fully saturated rings. The Morgan fingerprint density at radius 3 is 2.77 bits per heavy atom. The minimum Gasteiger partial charge on any atom is -0.493 e. The number of hydrogen-bond acceptors (Lipinski definition) is 6. The molecule has 5 rings (SSSR count). The number of nitrogens with one attached hydrogen (secondary N) is 2. The zero-order valence-corrected chi connectivity index (χ0v) is 15.8. The van der Waals surface area contributed by atoms with Crippen molar-refractivity contribution in [2.24, 2.45) is 0 Å². The number of amides is 4. The lowest BCUT2D eigenvalue weighted by molar-refractivity contribution is -0.132. The van der Waals surface area contributed by atoms with Crippen molar-refractivity contribution in [3.05, 3.63) is 53.6 Å². The number of fused-ring (bicyclic) bond motifs is 3. The van der Waals surface area contributed by atoms with E-state index < -0.39 is 29.8 Å². The number of rotatable bonds is 3. The van der Waals surface area contributed by atoms with E-state index in [2.05, 4.69) is 10.6 Å². The van der Waals surface area contributed by atoms with Gasteiger partial charge in [-0.25, -0.2) is 4.79 Å². The van der Waals surface area contributed by atoms with E-state index in [0.717, 1.165) is 4.90 Å². The zero-order chi connectivity index (χ0) is 20.9. The van der Waals surface area contributed by atoms with Crippen molar-refractivity contribution in [2.75, 3.05) is 25.1 Å². The van der Waals surface area contributed by atoms with E-state index in [-0.39, 0.29) is 31.1 Å². The molecule has 152 valence electrons. The molecule has 30 heavy (non-hydrogen) atoms. The average Bonchev–Trinajstić information content (AvgIpc) is 2.98. The lowest BCUT2D eigenvalue weighted by Crippen LogP contribution is -2.47. The molecule has 2 aromatic carbocycles. The standard InChI is InChI=1S/C21H17N3O6/c25-15(12-5-6-17-14(9-12)22-18(26)11-30-17)10-24-19(27)21(23-20(24)28)7-8-29-16-4-2-1-3-13(16)21/h1-6,9H,7-8,10-11H2,(H,22,26)(H,23,28). The van der Waals surface area contributed by atoms with Crippen LogP contribution in [-0.4, -0.2) is 48.3 Å². The number of carbonyl (C=O) groups is 4. The smallest absolute Gasteiger partial charge is 0.325 e. The molecule has 3 aliphatic heterocycles. The van der Waals surface area contributed by atoms with Gasteiger partial charge in [-0.15, -0.1) is 0 Å². The highest BCUT2D eigenvalue weighted by atomic mass is 16.5. The van der Waals surface area contributed by atoms with Crippen LogP contribution in [-0.2, 0) is 15.1 Å². The quantitative estimate of drug-likeness (QED) is 0.588. The van der Waals surface area contributed by atoms with Crippen molar-refractivity contribution in [3.63, 3.8) is 0 Å². The Kier molecular flexibility index (Phi) is 3.99. The molecule has 0 radical (unpaired) electrons. The number of ketones is 1. The first-order valence-corrected chi connectivity index (χ1v) is 9.44. The number of para-hydroxylation sites is 1. The Balaban J connectivity index is 1.41. The van der Waals surface area contributed by atoms with Gasteiger partial charge in [0.05, 0.1) is 18.8 Å². The van der Waals surface area contributed by atoms with Gasteiger partial charge in [-0.2, -0.15) is 0 Å². The van der Waals surface area contributed by atoms with Gasteiger partial charge in [0.2, 0.25) is 0 Å². The number of imide groups is 1. The summed E-state index contributed by atoms with van der Waals surface area (Å²) in [6.45, 7) is -0.228. The summed E-state index contributed by atoms with van der Waals surface area (Å²) in [6.07, 6.45) is 0.279. The van der Waals surface area contributed by atoms with Crippen molar-refractivity contribution in [2.45, 2.75) is 12.0 Å². The summed E-state index contributed by atoms with van der Waals surface area (Å²) in [5.74, 6) is -0.235. The molecule has 2 N–H and O–H groups in total. The molecule has 0 aliphatic carbocycles. The predicted octanol–water partition coefficient (Wildman–Crippen LogP) is 1.43. The summed E-state index contributed by atoms with van der Waals surface area (Å²) >= 11 is 0. The zero-order valence-electron chi connectivity index (χ0n) is 15.8. The first-order chi connectivity index (χ1) is 14.5. The van der Waals surface area contributed by atoms with Crippen LogP contribution in [0.2, 0.25) is 0 Å². The van der Waals surface area contributed by atoms with Crippen molar-refractivity contribution in [3.8, 4) is 11.5 Å². The van der Waals surface area contributed by atoms with E-state index >= 15 is 0 Å². The molecule has 0 aromatic heterocycles. The monoisotopic (exact) mass is 407 g/mol. The number of ether oxygens (including phenoxy) is 2. The predicted molar refractivity (Wildman–Crippen MR) is 103 cm³/mol. The topological polar surface area (TPSA) is 114 Å². The number of anilines is 1. The first kappa shape index (κ1) is 18.2. The maximum Gasteiger partial charge on any atom is 0.325 e. The molecular weight excluding hydrogens is 390 g/mol. The van der Waals surface area contributed by atoms with Crippen LogP contribution in [0, 0.1) is 0 Å². The molecule has 1 atom stereocenters. The van der Waals surface area contributed by atoms with Gasteiger partial charge in [0.15, 0.2) is 17.9 Å². The van der Waals surface area contributed by atoms with Gasteiger partial charge in [-0.05, 0) is 24.3 Å². The third kappa shape index (κ3) is 2.70. The number of urea groups is 1. The number of carbonyl (C=O) groups excluding carboxylic acids is 4. The summed E-state index contributed by atoms with van der Waals surface area (Å²) in [7, 11) is 0. The van der Waals surface area contributed by atoms with Gasteiger partial charge in [0, 0.05) is 17.5 Å². The maximum absolute atomic E-state index is 13.3. The Morgan fingerprint density at radius 1 is 1.07 bits per heavy atom. The Labute approximate surface area is 170 Å². The Bertz CT molecular complexity index is 1110. The number of Topliss-reactive ketones (excluding diaryl/α,β-unsaturated/α-hetero) is 1. The minimum absolute atomic E-state index is 0.0873. The fourth-order valence-corrected chi connectivity index (χ4v) is 4.01. The van der Waals surface area contributed by atoms with Crippen LogP contribution in [0.1, 0.15) is 22.3 Å². The van der Waals surface area contributed by atoms with Crippen LogP contribution in [0.5, 0.6) is 11.5 Å². The van der Waals surface area contributed by atoms with Crippen LogP contribution >= 0.6 is 0 Å². The summed E-state index contributed by atoms with van der Waals surface area (Å²) in [4.78, 5) is 51.2.